The summed E-state index contributed by atoms with van der Waals surface area (Å²) in [4.78, 5) is 32.8. The topological polar surface area (TPSA) is 83.7 Å². The zero-order valence-electron chi connectivity index (χ0n) is 20.4. The van der Waals surface area contributed by atoms with Crippen LogP contribution in [0.4, 0.5) is 5.69 Å². The van der Waals surface area contributed by atoms with Gasteiger partial charge in [-0.1, -0.05) is 36.4 Å². The maximum absolute atomic E-state index is 14.0. The van der Waals surface area contributed by atoms with Gasteiger partial charge in [0.25, 0.3) is 5.91 Å². The largest absolute Gasteiger partial charge is 0.494 e. The highest BCUT2D eigenvalue weighted by molar-refractivity contribution is 6.05. The molecule has 5 rings (SSSR count). The van der Waals surface area contributed by atoms with E-state index in [4.69, 9.17) is 9.47 Å². The van der Waals surface area contributed by atoms with Gasteiger partial charge in [-0.05, 0) is 48.9 Å². The molecule has 0 fully saturated rings. The van der Waals surface area contributed by atoms with Crippen LogP contribution in [0.3, 0.4) is 0 Å². The smallest absolute Gasteiger partial charge is 0.254 e. The van der Waals surface area contributed by atoms with Crippen molar-refractivity contribution in [1.29, 1.82) is 0 Å². The van der Waals surface area contributed by atoms with E-state index in [9.17, 15) is 9.59 Å². The first kappa shape index (κ1) is 23.6. The molecule has 7 nitrogen and oxygen atoms in total. The fourth-order valence-electron chi connectivity index (χ4n) is 5.02. The third-order valence-corrected chi connectivity index (χ3v) is 6.63. The predicted molar refractivity (Wildman–Crippen MR) is 139 cm³/mol. The van der Waals surface area contributed by atoms with Crippen molar-refractivity contribution in [3.05, 3.63) is 95.7 Å². The van der Waals surface area contributed by atoms with E-state index in [1.807, 2.05) is 79.9 Å². The molecule has 1 aliphatic rings. The number of H-pyrrole nitrogens is 1. The molecule has 0 saturated heterocycles. The molecule has 4 aromatic rings. The SMILES string of the molecule is CCOc1ccc(NC(=O)[C@@H]2c3ccccc3C(=O)N(CCOC)[C@@H]2c2c[nH]c3ccccc23)cc1. The van der Waals surface area contributed by atoms with Crippen molar-refractivity contribution in [2.75, 3.05) is 32.2 Å². The first-order valence-corrected chi connectivity index (χ1v) is 12.1. The minimum Gasteiger partial charge on any atom is -0.494 e. The second-order valence-corrected chi connectivity index (χ2v) is 8.74. The third-order valence-electron chi connectivity index (χ3n) is 6.63. The summed E-state index contributed by atoms with van der Waals surface area (Å²) < 4.78 is 10.9. The van der Waals surface area contributed by atoms with Crippen molar-refractivity contribution in [2.24, 2.45) is 0 Å². The number of fused-ring (bicyclic) bond motifs is 2. The number of carbonyl (C=O) groups excluding carboxylic acids is 2. The van der Waals surface area contributed by atoms with Crippen LogP contribution in [0.1, 0.15) is 40.4 Å². The Kier molecular flexibility index (Phi) is 6.73. The van der Waals surface area contributed by atoms with Crippen LogP contribution in [0.2, 0.25) is 0 Å². The third kappa shape index (κ3) is 4.33. The molecule has 2 N–H and O–H groups in total. The van der Waals surface area contributed by atoms with Crippen molar-refractivity contribution in [2.45, 2.75) is 18.9 Å². The van der Waals surface area contributed by atoms with Gasteiger partial charge in [-0.2, -0.15) is 0 Å². The summed E-state index contributed by atoms with van der Waals surface area (Å²) >= 11 is 0. The number of hydrogen-bond acceptors (Lipinski definition) is 4. The number of nitrogens with zero attached hydrogens (tertiary/aromatic N) is 1. The highest BCUT2D eigenvalue weighted by atomic mass is 16.5. The summed E-state index contributed by atoms with van der Waals surface area (Å²) in [7, 11) is 1.61. The second-order valence-electron chi connectivity index (χ2n) is 8.74. The van der Waals surface area contributed by atoms with Crippen LogP contribution in [0.25, 0.3) is 10.9 Å². The molecule has 184 valence electrons. The number of aromatic amines is 1. The van der Waals surface area contributed by atoms with Gasteiger partial charge in [-0.15, -0.1) is 0 Å². The lowest BCUT2D eigenvalue weighted by molar-refractivity contribution is -0.119. The number of aromatic nitrogens is 1. The summed E-state index contributed by atoms with van der Waals surface area (Å²) in [6, 6.07) is 22.1. The Morgan fingerprint density at radius 2 is 1.75 bits per heavy atom. The molecule has 2 amide bonds. The first-order valence-electron chi connectivity index (χ1n) is 12.1. The van der Waals surface area contributed by atoms with Crippen LogP contribution in [0, 0.1) is 0 Å². The van der Waals surface area contributed by atoms with E-state index in [0.717, 1.165) is 27.8 Å². The van der Waals surface area contributed by atoms with Gasteiger partial charge in [-0.25, -0.2) is 0 Å². The molecule has 1 aliphatic heterocycles. The van der Waals surface area contributed by atoms with Crippen LogP contribution in [0.5, 0.6) is 5.75 Å². The molecule has 1 aromatic heterocycles. The van der Waals surface area contributed by atoms with Gasteiger partial charge < -0.3 is 24.7 Å². The number of nitrogens with one attached hydrogen (secondary N) is 2. The van der Waals surface area contributed by atoms with Gasteiger partial charge >= 0.3 is 0 Å². The average molecular weight is 484 g/mol. The Bertz CT molecular complexity index is 1380. The molecule has 7 heteroatoms. The highest BCUT2D eigenvalue weighted by Crippen LogP contribution is 2.45. The van der Waals surface area contributed by atoms with Crippen LogP contribution < -0.4 is 10.1 Å². The molecule has 0 unspecified atom stereocenters. The summed E-state index contributed by atoms with van der Waals surface area (Å²) in [5.74, 6) is -0.173. The standard InChI is InChI=1S/C29H29N3O4/c1-3-36-20-14-12-19(13-15-20)31-28(33)26-22-9-4-5-10-23(22)29(34)32(16-17-35-2)27(26)24-18-30-25-11-7-6-8-21(24)25/h4-15,18,26-27,30H,3,16-17H2,1-2H3,(H,31,33)/t26-,27-/m1/s1. The van der Waals surface area contributed by atoms with E-state index in [0.29, 0.717) is 31.0 Å². The van der Waals surface area contributed by atoms with Crippen LogP contribution >= 0.6 is 0 Å². The lowest BCUT2D eigenvalue weighted by Gasteiger charge is -2.41. The Morgan fingerprint density at radius 3 is 2.53 bits per heavy atom. The molecule has 0 saturated carbocycles. The number of benzene rings is 3. The molecule has 0 aliphatic carbocycles. The number of methoxy groups -OCH3 is 1. The summed E-state index contributed by atoms with van der Waals surface area (Å²) in [6.45, 7) is 3.22. The number of anilines is 1. The Balaban J connectivity index is 1.61. The van der Waals surface area contributed by atoms with Crippen LogP contribution in [0.15, 0.2) is 79.0 Å². The fraction of sp³-hybridized carbons (Fsp3) is 0.241. The lowest BCUT2D eigenvalue weighted by atomic mass is 9.79. The van der Waals surface area contributed by atoms with E-state index in [-0.39, 0.29) is 11.8 Å². The van der Waals surface area contributed by atoms with E-state index in [1.165, 1.54) is 0 Å². The molecule has 36 heavy (non-hydrogen) atoms. The zero-order valence-corrected chi connectivity index (χ0v) is 20.4. The predicted octanol–water partition coefficient (Wildman–Crippen LogP) is 5.13. The summed E-state index contributed by atoms with van der Waals surface area (Å²) in [6.07, 6.45) is 1.91. The van der Waals surface area contributed by atoms with Gasteiger partial charge in [0.05, 0.1) is 25.2 Å². The van der Waals surface area contributed by atoms with Crippen molar-refractivity contribution in [3.8, 4) is 5.75 Å². The number of amides is 2. The molecule has 2 heterocycles. The Hall–Kier alpha value is -4.10. The Labute approximate surface area is 210 Å². The van der Waals surface area contributed by atoms with Crippen LogP contribution in [-0.2, 0) is 9.53 Å². The Morgan fingerprint density at radius 1 is 1.00 bits per heavy atom. The maximum atomic E-state index is 14.0. The van der Waals surface area contributed by atoms with Crippen molar-refractivity contribution in [3.63, 3.8) is 0 Å². The number of carbonyl (C=O) groups is 2. The molecular weight excluding hydrogens is 454 g/mol. The van der Waals surface area contributed by atoms with Gasteiger partial charge in [0.2, 0.25) is 5.91 Å². The van der Waals surface area contributed by atoms with Gasteiger partial charge in [-0.3, -0.25) is 9.59 Å². The maximum Gasteiger partial charge on any atom is 0.254 e. The second kappa shape index (κ2) is 10.3. The van der Waals surface area contributed by atoms with Crippen molar-refractivity contribution in [1.82, 2.24) is 9.88 Å². The van der Waals surface area contributed by atoms with Crippen molar-refractivity contribution >= 4 is 28.4 Å². The van der Waals surface area contributed by atoms with Gasteiger partial charge in [0.1, 0.15) is 5.75 Å². The summed E-state index contributed by atoms with van der Waals surface area (Å²) in [5.41, 5.74) is 3.78. The average Bonchev–Trinajstić information content (AvgIpc) is 3.33. The number of para-hydroxylation sites is 1. The van der Waals surface area contributed by atoms with E-state index in [1.54, 1.807) is 18.1 Å². The van der Waals surface area contributed by atoms with E-state index in [2.05, 4.69) is 10.3 Å². The van der Waals surface area contributed by atoms with Gasteiger partial charge in [0, 0.05) is 47.6 Å². The number of ether oxygens (including phenoxy) is 2. The van der Waals surface area contributed by atoms with Crippen molar-refractivity contribution < 1.29 is 19.1 Å². The van der Waals surface area contributed by atoms with Crippen LogP contribution in [-0.4, -0.2) is 48.6 Å². The molecule has 3 aromatic carbocycles. The quantitative estimate of drug-likeness (QED) is 0.364. The molecule has 0 spiro atoms. The normalized spacial score (nSPS) is 17.2. The molecule has 0 bridgehead atoms. The number of rotatable bonds is 8. The monoisotopic (exact) mass is 483 g/mol. The first-order chi connectivity index (χ1) is 17.6. The number of hydrogen-bond donors (Lipinski definition) is 2. The van der Waals surface area contributed by atoms with Gasteiger partial charge in [0.15, 0.2) is 0 Å². The van der Waals surface area contributed by atoms with E-state index >= 15 is 0 Å². The zero-order chi connectivity index (χ0) is 25.1. The fourth-order valence-corrected chi connectivity index (χ4v) is 5.02. The summed E-state index contributed by atoms with van der Waals surface area (Å²) in [5, 5.41) is 4.06. The molecular formula is C29H29N3O4. The minimum atomic E-state index is -0.624. The molecule has 2 atom stereocenters. The highest BCUT2D eigenvalue weighted by Gasteiger charge is 2.44. The lowest BCUT2D eigenvalue weighted by Crippen LogP contribution is -2.47. The van der Waals surface area contributed by atoms with E-state index < -0.39 is 12.0 Å². The molecule has 0 radical (unpaired) electrons. The minimum absolute atomic E-state index is 0.108.